The van der Waals surface area contributed by atoms with Crippen molar-refractivity contribution in [2.75, 3.05) is 26.7 Å². The number of benzene rings is 1. The highest BCUT2D eigenvalue weighted by Gasteiger charge is 2.32. The Morgan fingerprint density at radius 2 is 1.87 bits per heavy atom. The number of carbonyl (C=O) groups is 1. The van der Waals surface area contributed by atoms with Gasteiger partial charge in [0.2, 0.25) is 15.9 Å². The standard InChI is InChI=1S/C20H31N5O3S.HI/c1-22-20(23-12-10-15-6-8-18(9-7-15)29(21,27)28)24-17-11-13-25(14-17)19(26)16-4-2-3-5-16;/h6-9,16-17H,2-5,10-14H2,1H3,(H2,21,27,28)(H2,22,23,24);1H. The second kappa shape index (κ2) is 11.3. The van der Waals surface area contributed by atoms with E-state index in [-0.39, 0.29) is 40.8 Å². The third-order valence-corrected chi connectivity index (χ3v) is 6.66. The summed E-state index contributed by atoms with van der Waals surface area (Å²) in [5, 5.41) is 11.8. The molecular weight excluding hydrogens is 517 g/mol. The van der Waals surface area contributed by atoms with E-state index in [0.717, 1.165) is 44.3 Å². The molecule has 1 aliphatic carbocycles. The number of sulfonamides is 1. The van der Waals surface area contributed by atoms with Crippen LogP contribution in [0, 0.1) is 5.92 Å². The van der Waals surface area contributed by atoms with E-state index in [0.29, 0.717) is 18.4 Å². The number of nitrogens with zero attached hydrogens (tertiary/aromatic N) is 2. The minimum Gasteiger partial charge on any atom is -0.356 e. The lowest BCUT2D eigenvalue weighted by molar-refractivity contribution is -0.134. The molecule has 1 aromatic carbocycles. The fourth-order valence-electron chi connectivity index (χ4n) is 4.07. The molecule has 1 aliphatic heterocycles. The molecule has 2 aliphatic rings. The molecule has 0 bridgehead atoms. The van der Waals surface area contributed by atoms with Crippen molar-refractivity contribution in [1.29, 1.82) is 0 Å². The van der Waals surface area contributed by atoms with Gasteiger partial charge in [-0.3, -0.25) is 9.79 Å². The molecule has 1 atom stereocenters. The summed E-state index contributed by atoms with van der Waals surface area (Å²) in [6.07, 6.45) is 6.07. The SMILES string of the molecule is CN=C(NCCc1ccc(S(N)(=O)=O)cc1)NC1CCN(C(=O)C2CCCC2)C1.I. The highest BCUT2D eigenvalue weighted by Crippen LogP contribution is 2.27. The first-order chi connectivity index (χ1) is 13.9. The van der Waals surface area contributed by atoms with Gasteiger partial charge in [0, 0.05) is 38.6 Å². The van der Waals surface area contributed by atoms with Crippen LogP contribution in [0.4, 0.5) is 0 Å². The normalized spacial score (nSPS) is 20.1. The quantitative estimate of drug-likeness (QED) is 0.282. The summed E-state index contributed by atoms with van der Waals surface area (Å²) in [6, 6.07) is 6.78. The Bertz CT molecular complexity index is 839. The number of hydrogen-bond donors (Lipinski definition) is 3. The number of halogens is 1. The summed E-state index contributed by atoms with van der Waals surface area (Å²) >= 11 is 0. The average molecular weight is 549 g/mol. The van der Waals surface area contributed by atoms with Crippen molar-refractivity contribution in [3.8, 4) is 0 Å². The Hall–Kier alpha value is -1.40. The molecule has 30 heavy (non-hydrogen) atoms. The molecule has 10 heteroatoms. The zero-order chi connectivity index (χ0) is 20.9. The largest absolute Gasteiger partial charge is 0.356 e. The molecule has 1 aromatic rings. The maximum Gasteiger partial charge on any atom is 0.238 e. The van der Waals surface area contributed by atoms with Gasteiger partial charge in [-0.15, -0.1) is 24.0 Å². The lowest BCUT2D eigenvalue weighted by atomic mass is 10.1. The van der Waals surface area contributed by atoms with Crippen LogP contribution < -0.4 is 15.8 Å². The van der Waals surface area contributed by atoms with E-state index < -0.39 is 10.0 Å². The number of carbonyl (C=O) groups excluding carboxylic acids is 1. The Balaban J connectivity index is 0.00000320. The van der Waals surface area contributed by atoms with E-state index in [1.54, 1.807) is 19.2 Å². The Labute approximate surface area is 196 Å². The smallest absolute Gasteiger partial charge is 0.238 e. The fraction of sp³-hybridized carbons (Fsp3) is 0.600. The van der Waals surface area contributed by atoms with E-state index >= 15 is 0 Å². The van der Waals surface area contributed by atoms with Gasteiger partial charge in [0.15, 0.2) is 5.96 Å². The molecule has 4 N–H and O–H groups in total. The van der Waals surface area contributed by atoms with Crippen molar-refractivity contribution in [3.05, 3.63) is 29.8 Å². The van der Waals surface area contributed by atoms with Crippen LogP contribution in [0.3, 0.4) is 0 Å². The molecule has 1 saturated heterocycles. The predicted molar refractivity (Wildman–Crippen MR) is 128 cm³/mol. The van der Waals surface area contributed by atoms with Gasteiger partial charge >= 0.3 is 0 Å². The summed E-state index contributed by atoms with van der Waals surface area (Å²) in [4.78, 5) is 19.0. The van der Waals surface area contributed by atoms with Gasteiger partial charge in [-0.1, -0.05) is 25.0 Å². The summed E-state index contributed by atoms with van der Waals surface area (Å²) in [7, 11) is -1.93. The first kappa shape index (κ1) is 24.9. The molecular formula is C20H32IN5O3S. The van der Waals surface area contributed by atoms with Crippen LogP contribution in [0.15, 0.2) is 34.2 Å². The maximum atomic E-state index is 12.6. The van der Waals surface area contributed by atoms with Crippen LogP contribution in [0.25, 0.3) is 0 Å². The van der Waals surface area contributed by atoms with Crippen molar-refractivity contribution in [3.63, 3.8) is 0 Å². The summed E-state index contributed by atoms with van der Waals surface area (Å²) in [6.45, 7) is 2.19. The topological polar surface area (TPSA) is 117 Å². The van der Waals surface area contributed by atoms with Crippen LogP contribution in [0.1, 0.15) is 37.7 Å². The molecule has 0 radical (unpaired) electrons. The molecule has 8 nitrogen and oxygen atoms in total. The summed E-state index contributed by atoms with van der Waals surface area (Å²) < 4.78 is 22.6. The molecule has 1 heterocycles. The molecule has 0 aromatic heterocycles. The molecule has 1 saturated carbocycles. The van der Waals surface area contributed by atoms with E-state index in [1.165, 1.54) is 25.0 Å². The third-order valence-electron chi connectivity index (χ3n) is 5.73. The van der Waals surface area contributed by atoms with Gasteiger partial charge in [0.25, 0.3) is 0 Å². The first-order valence-electron chi connectivity index (χ1n) is 10.2. The maximum absolute atomic E-state index is 12.6. The lowest BCUT2D eigenvalue weighted by Gasteiger charge is -2.21. The van der Waals surface area contributed by atoms with Gasteiger partial charge in [-0.2, -0.15) is 0 Å². The number of rotatable bonds is 6. The van der Waals surface area contributed by atoms with Crippen LogP contribution in [0.2, 0.25) is 0 Å². The van der Waals surface area contributed by atoms with E-state index in [2.05, 4.69) is 15.6 Å². The second-order valence-electron chi connectivity index (χ2n) is 7.83. The van der Waals surface area contributed by atoms with Gasteiger partial charge < -0.3 is 15.5 Å². The molecule has 0 spiro atoms. The van der Waals surface area contributed by atoms with Crippen LogP contribution >= 0.6 is 24.0 Å². The number of primary sulfonamides is 1. The Morgan fingerprint density at radius 3 is 2.47 bits per heavy atom. The van der Waals surface area contributed by atoms with Crippen LogP contribution in [-0.2, 0) is 21.2 Å². The number of amides is 1. The van der Waals surface area contributed by atoms with Gasteiger partial charge in [-0.25, -0.2) is 13.6 Å². The Kier molecular flexibility index (Phi) is 9.35. The Morgan fingerprint density at radius 1 is 1.20 bits per heavy atom. The number of hydrogen-bond acceptors (Lipinski definition) is 4. The third kappa shape index (κ3) is 6.81. The lowest BCUT2D eigenvalue weighted by Crippen LogP contribution is -2.45. The molecule has 168 valence electrons. The van der Waals surface area contributed by atoms with Crippen molar-refractivity contribution < 1.29 is 13.2 Å². The predicted octanol–water partition coefficient (Wildman–Crippen LogP) is 1.45. The first-order valence-corrected chi connectivity index (χ1v) is 11.8. The van der Waals surface area contributed by atoms with E-state index in [9.17, 15) is 13.2 Å². The number of nitrogens with one attached hydrogen (secondary N) is 2. The van der Waals surface area contributed by atoms with Crippen LogP contribution in [0.5, 0.6) is 0 Å². The van der Waals surface area contributed by atoms with Gasteiger partial charge in [0.1, 0.15) is 0 Å². The van der Waals surface area contributed by atoms with Gasteiger partial charge in [-0.05, 0) is 43.4 Å². The molecule has 3 rings (SSSR count). The zero-order valence-electron chi connectivity index (χ0n) is 17.3. The number of nitrogens with two attached hydrogens (primary N) is 1. The molecule has 1 unspecified atom stereocenters. The number of likely N-dealkylation sites (tertiary alicyclic amines) is 1. The van der Waals surface area contributed by atoms with Crippen molar-refractivity contribution in [1.82, 2.24) is 15.5 Å². The van der Waals surface area contributed by atoms with Crippen molar-refractivity contribution in [2.45, 2.75) is 49.5 Å². The highest BCUT2D eigenvalue weighted by molar-refractivity contribution is 14.0. The van der Waals surface area contributed by atoms with Gasteiger partial charge in [0.05, 0.1) is 4.90 Å². The summed E-state index contributed by atoms with van der Waals surface area (Å²) in [5.74, 6) is 1.26. The zero-order valence-corrected chi connectivity index (χ0v) is 20.5. The summed E-state index contributed by atoms with van der Waals surface area (Å²) in [5.41, 5.74) is 1.01. The fourth-order valence-corrected chi connectivity index (χ4v) is 4.58. The van der Waals surface area contributed by atoms with E-state index in [4.69, 9.17) is 5.14 Å². The second-order valence-corrected chi connectivity index (χ2v) is 9.39. The average Bonchev–Trinajstić information content (AvgIpc) is 3.38. The number of guanidine groups is 1. The van der Waals surface area contributed by atoms with Crippen LogP contribution in [-0.4, -0.2) is 57.9 Å². The molecule has 1 amide bonds. The molecule has 2 fully saturated rings. The minimum atomic E-state index is -3.66. The van der Waals surface area contributed by atoms with Crippen molar-refractivity contribution >= 4 is 45.9 Å². The van der Waals surface area contributed by atoms with Crippen molar-refractivity contribution in [2.24, 2.45) is 16.0 Å². The number of aliphatic imine (C=N–C) groups is 1. The van der Waals surface area contributed by atoms with E-state index in [1.807, 2.05) is 4.90 Å². The monoisotopic (exact) mass is 549 g/mol. The minimum absolute atomic E-state index is 0. The highest BCUT2D eigenvalue weighted by atomic mass is 127.